The minimum Gasteiger partial charge on any atom is -0.492 e. The van der Waals surface area contributed by atoms with E-state index in [1.54, 1.807) is 70.2 Å². The molecule has 0 saturated heterocycles. The number of esters is 2. The number of nitrogens with one attached hydrogen (secondary N) is 2. The van der Waals surface area contributed by atoms with Gasteiger partial charge in [-0.1, -0.05) is 71.9 Å². The summed E-state index contributed by atoms with van der Waals surface area (Å²) >= 11 is 4.26. The first-order valence-corrected chi connectivity index (χ1v) is 26.4. The molecule has 408 valence electrons. The lowest BCUT2D eigenvalue weighted by atomic mass is 9.95. The van der Waals surface area contributed by atoms with Crippen molar-refractivity contribution < 1.29 is 66.6 Å². The lowest BCUT2D eigenvalue weighted by Crippen LogP contribution is -2.36. The Morgan fingerprint density at radius 1 is 0.684 bits per heavy atom. The summed E-state index contributed by atoms with van der Waals surface area (Å²) < 4.78 is 49.9. The number of ether oxygens (including phenoxy) is 6. The van der Waals surface area contributed by atoms with E-state index in [0.29, 0.717) is 64.2 Å². The van der Waals surface area contributed by atoms with Crippen LogP contribution in [-0.2, 0) is 53.6 Å². The van der Waals surface area contributed by atoms with Crippen molar-refractivity contribution in [2.75, 3.05) is 51.0 Å². The average Bonchev–Trinajstić information content (AvgIpc) is 4.04. The maximum absolute atomic E-state index is 14.2. The standard InChI is InChI=1S/C57H55N6O14PS/c64-43(35-75-78-70)34-71-30-5-27-59-57(69)74-33-38-10-18-46(19-11-38)76-56(68)41-16-24-45(25-17-41)73-36-51(65)58-28-26-52(66)62-32-42-6-1-2-7-48(42)53-54(49-8-3-4-9-50(49)62)63(61-60-53)29-31-72-44-22-14-40(15-23-44)55(67)77-47-20-12-39(37-79)13-21-47/h1-4,6-25,43,64,79H,5,26-37H2,(H,58,65)(H,59,69). The van der Waals surface area contributed by atoms with Gasteiger partial charge in [0.25, 0.3) is 5.91 Å². The number of carbonyl (C=O) groups is 5. The number of nitrogens with zero attached hydrogens (tertiary/aromatic N) is 4. The number of aliphatic hydroxyl groups is 1. The highest BCUT2D eigenvalue weighted by molar-refractivity contribution is 7.79. The third-order valence-corrected chi connectivity index (χ3v) is 12.7. The van der Waals surface area contributed by atoms with Gasteiger partial charge in [0.1, 0.15) is 48.0 Å². The second-order valence-electron chi connectivity index (χ2n) is 17.6. The van der Waals surface area contributed by atoms with E-state index in [9.17, 15) is 33.6 Å². The first kappa shape index (κ1) is 56.7. The van der Waals surface area contributed by atoms with Crippen LogP contribution in [0, 0.1) is 0 Å². The molecule has 1 aromatic heterocycles. The maximum atomic E-state index is 14.2. The molecule has 1 unspecified atom stereocenters. The molecule has 0 aliphatic carbocycles. The number of rotatable bonds is 26. The SMILES string of the molecule is O=POCC(O)COCCCNC(=O)OCc1ccc(OC(=O)c2ccc(OCC(=O)NCCC(=O)N3Cc4ccccc4-c4nnn(CCOc5ccc(C(=O)Oc6ccc(CS)cc6)cc5)c4-c4ccccc43)cc2)cc1. The number of amides is 3. The molecule has 3 N–H and O–H groups in total. The van der Waals surface area contributed by atoms with Crippen LogP contribution >= 0.6 is 21.3 Å². The number of alkyl carbamates (subject to hydrolysis) is 1. The molecule has 1 atom stereocenters. The minimum atomic E-state index is -0.903. The van der Waals surface area contributed by atoms with Crippen LogP contribution in [0.2, 0.25) is 0 Å². The number of fused-ring (bicyclic) bond motifs is 5. The van der Waals surface area contributed by atoms with Gasteiger partial charge in [-0.15, -0.1) is 5.10 Å². The second kappa shape index (κ2) is 28.8. The Labute approximate surface area is 461 Å². The van der Waals surface area contributed by atoms with Crippen LogP contribution in [0.1, 0.15) is 50.2 Å². The summed E-state index contributed by atoms with van der Waals surface area (Å²) in [4.78, 5) is 66.6. The summed E-state index contributed by atoms with van der Waals surface area (Å²) in [7, 11) is -0.516. The fraction of sp³-hybridized carbons (Fsp3) is 0.246. The van der Waals surface area contributed by atoms with Gasteiger partial charge in [-0.2, -0.15) is 12.6 Å². The molecule has 6 aromatic carbocycles. The van der Waals surface area contributed by atoms with E-state index < -0.39 is 38.7 Å². The lowest BCUT2D eigenvalue weighted by molar-refractivity contribution is -0.123. The summed E-state index contributed by atoms with van der Waals surface area (Å²) in [6.07, 6.45) is -1.07. The predicted octanol–water partition coefficient (Wildman–Crippen LogP) is 8.21. The topological polar surface area (TPSA) is 245 Å². The van der Waals surface area contributed by atoms with E-state index in [1.165, 1.54) is 24.3 Å². The van der Waals surface area contributed by atoms with Crippen molar-refractivity contribution in [3.05, 3.63) is 173 Å². The zero-order valence-electron chi connectivity index (χ0n) is 42.6. The molecule has 1 aliphatic rings. The molecule has 22 heteroatoms. The molecule has 7 aromatic rings. The van der Waals surface area contributed by atoms with Crippen molar-refractivity contribution in [2.45, 2.75) is 44.4 Å². The van der Waals surface area contributed by atoms with E-state index in [-0.39, 0.29) is 82.9 Å². The van der Waals surface area contributed by atoms with Gasteiger partial charge in [-0.25, -0.2) is 23.6 Å². The Bertz CT molecular complexity index is 3200. The normalized spacial score (nSPS) is 11.9. The van der Waals surface area contributed by atoms with Crippen molar-refractivity contribution in [1.82, 2.24) is 25.6 Å². The Balaban J connectivity index is 0.779. The summed E-state index contributed by atoms with van der Waals surface area (Å²) in [5.41, 5.74) is 6.71. The number of aromatic nitrogens is 3. The van der Waals surface area contributed by atoms with Gasteiger partial charge in [0.15, 0.2) is 6.61 Å². The molecule has 0 bridgehead atoms. The van der Waals surface area contributed by atoms with Crippen LogP contribution in [-0.4, -0.2) is 102 Å². The number of thiol groups is 1. The number of hydrogen-bond donors (Lipinski definition) is 4. The van der Waals surface area contributed by atoms with Crippen molar-refractivity contribution in [2.24, 2.45) is 0 Å². The van der Waals surface area contributed by atoms with Crippen LogP contribution in [0.15, 0.2) is 146 Å². The number of aliphatic hydroxyl groups excluding tert-OH is 1. The molecule has 8 rings (SSSR count). The number of carbonyl (C=O) groups excluding carboxylic acids is 5. The molecule has 0 saturated carbocycles. The van der Waals surface area contributed by atoms with Gasteiger partial charge < -0.3 is 49.1 Å². The van der Waals surface area contributed by atoms with Gasteiger partial charge >= 0.3 is 26.7 Å². The first-order valence-electron chi connectivity index (χ1n) is 25.0. The fourth-order valence-corrected chi connectivity index (χ4v) is 8.50. The van der Waals surface area contributed by atoms with E-state index in [0.717, 1.165) is 22.3 Å². The van der Waals surface area contributed by atoms with E-state index in [2.05, 4.69) is 38.1 Å². The van der Waals surface area contributed by atoms with E-state index in [1.807, 2.05) is 60.7 Å². The highest BCUT2D eigenvalue weighted by Crippen LogP contribution is 2.41. The molecule has 2 heterocycles. The van der Waals surface area contributed by atoms with Crippen molar-refractivity contribution in [1.29, 1.82) is 0 Å². The zero-order chi connectivity index (χ0) is 55.3. The predicted molar refractivity (Wildman–Crippen MR) is 292 cm³/mol. The van der Waals surface area contributed by atoms with Crippen LogP contribution in [0.25, 0.3) is 22.5 Å². The van der Waals surface area contributed by atoms with Gasteiger partial charge in [-0.05, 0) is 102 Å². The van der Waals surface area contributed by atoms with Gasteiger partial charge in [0, 0.05) is 43.0 Å². The highest BCUT2D eigenvalue weighted by Gasteiger charge is 2.29. The Morgan fingerprint density at radius 2 is 1.30 bits per heavy atom. The van der Waals surface area contributed by atoms with Crippen LogP contribution in [0.4, 0.5) is 10.5 Å². The Kier molecular flexibility index (Phi) is 20.7. The maximum Gasteiger partial charge on any atom is 0.407 e. The Hall–Kier alpha value is -8.46. The highest BCUT2D eigenvalue weighted by atomic mass is 32.1. The Morgan fingerprint density at radius 3 is 1.97 bits per heavy atom. The van der Waals surface area contributed by atoms with Crippen LogP contribution in [0.5, 0.6) is 23.0 Å². The molecule has 20 nitrogen and oxygen atoms in total. The largest absolute Gasteiger partial charge is 0.492 e. The number of para-hydroxylation sites is 1. The van der Waals surface area contributed by atoms with Crippen molar-refractivity contribution in [3.63, 3.8) is 0 Å². The summed E-state index contributed by atoms with van der Waals surface area (Å²) in [6, 6.07) is 41.6. The third-order valence-electron chi connectivity index (χ3n) is 12.1. The molecule has 0 spiro atoms. The quantitative estimate of drug-likeness (QED) is 0.0131. The summed E-state index contributed by atoms with van der Waals surface area (Å²) in [5, 5.41) is 24.1. The number of benzene rings is 6. The zero-order valence-corrected chi connectivity index (χ0v) is 44.4. The number of anilines is 1. The monoisotopic (exact) mass is 1110 g/mol. The average molecular weight is 1110 g/mol. The fourth-order valence-electron chi connectivity index (χ4n) is 8.06. The third kappa shape index (κ3) is 16.3. The van der Waals surface area contributed by atoms with Crippen LogP contribution in [0.3, 0.4) is 0 Å². The summed E-state index contributed by atoms with van der Waals surface area (Å²) in [5.74, 6) is 0.374. The molecular weight excluding hydrogens is 1060 g/mol. The smallest absolute Gasteiger partial charge is 0.407 e. The van der Waals surface area contributed by atoms with Gasteiger partial charge in [0.2, 0.25) is 5.91 Å². The number of hydrogen-bond acceptors (Lipinski definition) is 17. The molecule has 0 radical (unpaired) electrons. The molecule has 0 fully saturated rings. The molecular formula is C57H55N6O14PS. The first-order chi connectivity index (χ1) is 38.5. The molecule has 79 heavy (non-hydrogen) atoms. The van der Waals surface area contributed by atoms with E-state index in [4.69, 9.17) is 28.4 Å². The van der Waals surface area contributed by atoms with Crippen LogP contribution < -0.4 is 34.5 Å². The summed E-state index contributed by atoms with van der Waals surface area (Å²) in [6.45, 7) is 0.904. The minimum absolute atomic E-state index is 0.00772. The lowest BCUT2D eigenvalue weighted by Gasteiger charge is -2.29. The van der Waals surface area contributed by atoms with Gasteiger partial charge in [-0.3, -0.25) is 14.1 Å². The molecule has 3 amide bonds. The van der Waals surface area contributed by atoms with Crippen molar-refractivity contribution >= 4 is 56.8 Å². The molecule has 1 aliphatic heterocycles. The van der Waals surface area contributed by atoms with Gasteiger partial charge in [0.05, 0.1) is 48.8 Å². The van der Waals surface area contributed by atoms with E-state index >= 15 is 0 Å². The second-order valence-corrected chi connectivity index (χ2v) is 18.4. The van der Waals surface area contributed by atoms with Crippen molar-refractivity contribution in [3.8, 4) is 45.5 Å².